The first kappa shape index (κ1) is 13.6. The zero-order valence-electron chi connectivity index (χ0n) is 11.5. The Kier molecular flexibility index (Phi) is 3.33. The van der Waals surface area contributed by atoms with E-state index in [0.717, 1.165) is 25.0 Å². The number of aromatic nitrogens is 1. The molecule has 1 N–H and O–H groups in total. The third-order valence-electron chi connectivity index (χ3n) is 3.81. The van der Waals surface area contributed by atoms with Gasteiger partial charge in [-0.3, -0.25) is 4.79 Å². The molecule has 3 rings (SSSR count). The van der Waals surface area contributed by atoms with Crippen LogP contribution in [0, 0.1) is 0 Å². The fraction of sp³-hybridized carbons (Fsp3) is 0.615. The summed E-state index contributed by atoms with van der Waals surface area (Å²) in [5.41, 5.74) is 1.52. The molecule has 0 spiro atoms. The fourth-order valence-corrected chi connectivity index (χ4v) is 3.37. The van der Waals surface area contributed by atoms with Gasteiger partial charge in [-0.15, -0.1) is 0 Å². The summed E-state index contributed by atoms with van der Waals surface area (Å²) in [6, 6.07) is 3.97. The normalized spacial score (nSPS) is 20.2. The van der Waals surface area contributed by atoms with Crippen LogP contribution in [0.1, 0.15) is 35.4 Å². The van der Waals surface area contributed by atoms with Gasteiger partial charge in [0.1, 0.15) is 5.69 Å². The molecule has 110 valence electrons. The monoisotopic (exact) mass is 297 g/mol. The van der Waals surface area contributed by atoms with Crippen molar-refractivity contribution in [3.8, 4) is 0 Å². The summed E-state index contributed by atoms with van der Waals surface area (Å²) >= 11 is 0. The van der Waals surface area contributed by atoms with Gasteiger partial charge in [-0.05, 0) is 31.4 Å². The SMILES string of the molecule is CS(=O)(=O)N1CCCn2c(ccc2C(=O)NC2CC2)C1. The van der Waals surface area contributed by atoms with E-state index in [1.54, 1.807) is 6.07 Å². The van der Waals surface area contributed by atoms with Crippen LogP contribution in [0.15, 0.2) is 12.1 Å². The minimum absolute atomic E-state index is 0.0495. The molecule has 1 aliphatic heterocycles. The maximum absolute atomic E-state index is 12.2. The Labute approximate surface area is 118 Å². The highest BCUT2D eigenvalue weighted by Crippen LogP contribution is 2.22. The van der Waals surface area contributed by atoms with Crippen molar-refractivity contribution in [1.29, 1.82) is 0 Å². The van der Waals surface area contributed by atoms with Gasteiger partial charge in [0, 0.05) is 24.8 Å². The van der Waals surface area contributed by atoms with Crippen molar-refractivity contribution in [2.24, 2.45) is 0 Å². The predicted molar refractivity (Wildman–Crippen MR) is 74.8 cm³/mol. The molecule has 0 aromatic carbocycles. The van der Waals surface area contributed by atoms with E-state index in [1.807, 2.05) is 10.6 Å². The number of hydrogen-bond acceptors (Lipinski definition) is 3. The van der Waals surface area contributed by atoms with Gasteiger partial charge >= 0.3 is 0 Å². The first-order chi connectivity index (χ1) is 9.45. The third kappa shape index (κ3) is 2.73. The van der Waals surface area contributed by atoms with Crippen molar-refractivity contribution in [2.45, 2.75) is 38.4 Å². The Morgan fingerprint density at radius 2 is 2.05 bits per heavy atom. The lowest BCUT2D eigenvalue weighted by Crippen LogP contribution is -2.29. The minimum Gasteiger partial charge on any atom is -0.348 e. The van der Waals surface area contributed by atoms with E-state index in [9.17, 15) is 13.2 Å². The Morgan fingerprint density at radius 1 is 1.30 bits per heavy atom. The Morgan fingerprint density at radius 3 is 2.70 bits per heavy atom. The van der Waals surface area contributed by atoms with Crippen LogP contribution in [-0.2, 0) is 23.1 Å². The van der Waals surface area contributed by atoms with Crippen LogP contribution in [0.5, 0.6) is 0 Å². The van der Waals surface area contributed by atoms with Crippen LogP contribution in [0.25, 0.3) is 0 Å². The van der Waals surface area contributed by atoms with Gasteiger partial charge in [-0.25, -0.2) is 8.42 Å². The number of nitrogens with zero attached hydrogens (tertiary/aromatic N) is 2. The zero-order chi connectivity index (χ0) is 14.3. The zero-order valence-corrected chi connectivity index (χ0v) is 12.3. The average Bonchev–Trinajstić information content (AvgIpc) is 3.12. The number of fused-ring (bicyclic) bond motifs is 1. The number of hydrogen-bond donors (Lipinski definition) is 1. The number of carbonyl (C=O) groups is 1. The van der Waals surface area contributed by atoms with E-state index >= 15 is 0 Å². The van der Waals surface area contributed by atoms with Gasteiger partial charge < -0.3 is 9.88 Å². The van der Waals surface area contributed by atoms with Crippen molar-refractivity contribution < 1.29 is 13.2 Å². The van der Waals surface area contributed by atoms with Crippen molar-refractivity contribution in [1.82, 2.24) is 14.2 Å². The first-order valence-electron chi connectivity index (χ1n) is 6.89. The largest absolute Gasteiger partial charge is 0.348 e. The molecular weight excluding hydrogens is 278 g/mol. The van der Waals surface area contributed by atoms with E-state index in [4.69, 9.17) is 0 Å². The fourth-order valence-electron chi connectivity index (χ4n) is 2.55. The standard InChI is InChI=1S/C13H19N3O3S/c1-20(18,19)15-7-2-8-16-11(9-15)5-6-12(16)13(17)14-10-3-4-10/h5-6,10H,2-4,7-9H2,1H3,(H,14,17). The predicted octanol–water partition coefficient (Wildman–Crippen LogP) is 0.546. The molecule has 7 heteroatoms. The second-order valence-electron chi connectivity index (χ2n) is 5.56. The Hall–Kier alpha value is -1.34. The number of sulfonamides is 1. The number of carbonyl (C=O) groups excluding carboxylic acids is 1. The van der Waals surface area contributed by atoms with Crippen molar-refractivity contribution >= 4 is 15.9 Å². The lowest BCUT2D eigenvalue weighted by molar-refractivity contribution is 0.0941. The number of rotatable bonds is 3. The van der Waals surface area contributed by atoms with Crippen LogP contribution in [0.3, 0.4) is 0 Å². The smallest absolute Gasteiger partial charge is 0.268 e. The number of amides is 1. The molecular formula is C13H19N3O3S. The van der Waals surface area contributed by atoms with Crippen molar-refractivity contribution in [3.63, 3.8) is 0 Å². The molecule has 6 nitrogen and oxygen atoms in total. The molecule has 0 unspecified atom stereocenters. The summed E-state index contributed by atoms with van der Waals surface area (Å²) < 4.78 is 26.8. The topological polar surface area (TPSA) is 71.4 Å². The van der Waals surface area contributed by atoms with Gasteiger partial charge in [0.2, 0.25) is 10.0 Å². The summed E-state index contributed by atoms with van der Waals surface area (Å²) in [5, 5.41) is 2.98. The maximum atomic E-state index is 12.2. The van der Waals surface area contributed by atoms with E-state index in [2.05, 4.69) is 5.32 Å². The molecule has 0 atom stereocenters. The van der Waals surface area contributed by atoms with Crippen LogP contribution >= 0.6 is 0 Å². The lowest BCUT2D eigenvalue weighted by Gasteiger charge is -2.16. The third-order valence-corrected chi connectivity index (χ3v) is 5.06. The molecule has 2 aliphatic rings. The molecule has 1 aromatic heterocycles. The molecule has 1 fully saturated rings. The van der Waals surface area contributed by atoms with Gasteiger partial charge in [-0.1, -0.05) is 0 Å². The van der Waals surface area contributed by atoms with Gasteiger partial charge in [0.15, 0.2) is 0 Å². The molecule has 20 heavy (non-hydrogen) atoms. The average molecular weight is 297 g/mol. The van der Waals surface area contributed by atoms with Crippen molar-refractivity contribution in [2.75, 3.05) is 12.8 Å². The summed E-state index contributed by atoms with van der Waals surface area (Å²) in [4.78, 5) is 12.2. The second-order valence-corrected chi connectivity index (χ2v) is 7.54. The summed E-state index contributed by atoms with van der Waals surface area (Å²) in [6.07, 6.45) is 4.06. The Balaban J connectivity index is 1.84. The summed E-state index contributed by atoms with van der Waals surface area (Å²) in [6.45, 7) is 1.53. The molecule has 0 radical (unpaired) electrons. The number of nitrogens with one attached hydrogen (secondary N) is 1. The summed E-state index contributed by atoms with van der Waals surface area (Å²) in [5.74, 6) is -0.0495. The van der Waals surface area contributed by atoms with E-state index in [-0.39, 0.29) is 5.91 Å². The lowest BCUT2D eigenvalue weighted by atomic mass is 10.3. The molecule has 1 aromatic rings. The van der Waals surface area contributed by atoms with Gasteiger partial charge in [0.25, 0.3) is 5.91 Å². The molecule has 2 heterocycles. The van der Waals surface area contributed by atoms with Crippen LogP contribution in [0.4, 0.5) is 0 Å². The van der Waals surface area contributed by atoms with Crippen LogP contribution in [0.2, 0.25) is 0 Å². The highest BCUT2D eigenvalue weighted by Gasteiger charge is 2.27. The molecule has 0 bridgehead atoms. The van der Waals surface area contributed by atoms with E-state index < -0.39 is 10.0 Å². The van der Waals surface area contributed by atoms with E-state index in [1.165, 1.54) is 10.6 Å². The minimum atomic E-state index is -3.19. The van der Waals surface area contributed by atoms with Gasteiger partial charge in [-0.2, -0.15) is 4.31 Å². The molecule has 1 amide bonds. The van der Waals surface area contributed by atoms with Crippen LogP contribution < -0.4 is 5.32 Å². The first-order valence-corrected chi connectivity index (χ1v) is 8.74. The molecule has 1 aliphatic carbocycles. The second kappa shape index (κ2) is 4.89. The maximum Gasteiger partial charge on any atom is 0.268 e. The van der Waals surface area contributed by atoms with Crippen molar-refractivity contribution in [3.05, 3.63) is 23.5 Å². The molecule has 0 saturated heterocycles. The summed E-state index contributed by atoms with van der Waals surface area (Å²) in [7, 11) is -3.19. The van der Waals surface area contributed by atoms with E-state index in [0.29, 0.717) is 31.4 Å². The van der Waals surface area contributed by atoms with Crippen LogP contribution in [-0.4, -0.2) is 42.0 Å². The van der Waals surface area contributed by atoms with Gasteiger partial charge in [0.05, 0.1) is 12.8 Å². The molecule has 1 saturated carbocycles. The highest BCUT2D eigenvalue weighted by molar-refractivity contribution is 7.88. The highest BCUT2D eigenvalue weighted by atomic mass is 32.2. The quantitative estimate of drug-likeness (QED) is 0.885. The Bertz CT molecular complexity index is 631.